The molecule has 2 aromatic heterocycles. The number of aromatic nitrogens is 4. The normalized spacial score (nSPS) is 11.4. The lowest BCUT2D eigenvalue weighted by atomic mass is 9.98. The van der Waals surface area contributed by atoms with E-state index in [0.717, 1.165) is 40.9 Å². The average Bonchev–Trinajstić information content (AvgIpc) is 3.39. The number of ether oxygens (including phenoxy) is 1. The SMILES string of the molecule is CCCCc1nc(C(C)C)c(CC(=O)OCC(C)C)c(=O)n1Cc1ccc(-c2ccccc2-c2noc(=O)[nH]2)cc1. The first-order chi connectivity index (χ1) is 19.7. The molecule has 216 valence electrons. The van der Waals surface area contributed by atoms with E-state index < -0.39 is 11.7 Å². The molecule has 0 fully saturated rings. The van der Waals surface area contributed by atoms with Crippen LogP contribution in [0, 0.1) is 5.92 Å². The first-order valence-electron chi connectivity index (χ1n) is 14.2. The number of carbonyl (C=O) groups excluding carboxylic acids is 1. The molecule has 0 unspecified atom stereocenters. The Kier molecular flexibility index (Phi) is 9.70. The van der Waals surface area contributed by atoms with Crippen molar-refractivity contribution in [3.05, 3.63) is 92.1 Å². The number of rotatable bonds is 12. The van der Waals surface area contributed by atoms with Gasteiger partial charge in [0, 0.05) is 12.0 Å². The molecule has 9 heteroatoms. The molecule has 0 spiro atoms. The maximum Gasteiger partial charge on any atom is 0.439 e. The summed E-state index contributed by atoms with van der Waals surface area (Å²) < 4.78 is 11.8. The lowest BCUT2D eigenvalue weighted by molar-refractivity contribution is -0.143. The van der Waals surface area contributed by atoms with Crippen molar-refractivity contribution in [2.75, 3.05) is 6.61 Å². The number of esters is 1. The molecule has 0 saturated carbocycles. The summed E-state index contributed by atoms with van der Waals surface area (Å²) in [6.45, 7) is 10.7. The van der Waals surface area contributed by atoms with Gasteiger partial charge in [-0.1, -0.05) is 94.7 Å². The van der Waals surface area contributed by atoms with Crippen LogP contribution < -0.4 is 11.3 Å². The zero-order valence-corrected chi connectivity index (χ0v) is 24.4. The van der Waals surface area contributed by atoms with Gasteiger partial charge in [0.15, 0.2) is 5.82 Å². The number of hydrogen-bond donors (Lipinski definition) is 1. The molecule has 4 aromatic rings. The Morgan fingerprint density at radius 1 is 1.02 bits per heavy atom. The van der Waals surface area contributed by atoms with Crippen LogP contribution in [-0.4, -0.2) is 32.3 Å². The van der Waals surface area contributed by atoms with Gasteiger partial charge in [-0.05, 0) is 34.9 Å². The molecule has 0 aliphatic rings. The summed E-state index contributed by atoms with van der Waals surface area (Å²) in [5.74, 6) is 0.261. The third-order valence-corrected chi connectivity index (χ3v) is 6.80. The van der Waals surface area contributed by atoms with E-state index in [1.165, 1.54) is 0 Å². The Hall–Kier alpha value is -4.27. The van der Waals surface area contributed by atoms with Crippen LogP contribution in [0.5, 0.6) is 0 Å². The van der Waals surface area contributed by atoms with Gasteiger partial charge in [0.25, 0.3) is 5.56 Å². The number of unbranched alkanes of at least 4 members (excludes halogenated alkanes) is 1. The fraction of sp³-hybridized carbons (Fsp3) is 0.406. The standard InChI is InChI=1S/C32H38N4O5/c1-6-7-12-27-33-29(21(4)5)26(17-28(37)40-19-20(2)3)31(38)36(27)18-22-13-15-23(16-14-22)24-10-8-9-11-25(24)30-34-32(39)41-35-30/h8-11,13-16,20-21H,6-7,12,17-19H2,1-5H3,(H,34,35,39). The molecule has 0 atom stereocenters. The van der Waals surface area contributed by atoms with E-state index in [4.69, 9.17) is 14.2 Å². The number of carbonyl (C=O) groups is 1. The fourth-order valence-electron chi connectivity index (χ4n) is 4.70. The molecule has 0 aliphatic carbocycles. The van der Waals surface area contributed by atoms with Crippen LogP contribution >= 0.6 is 0 Å². The molecule has 0 bridgehead atoms. The quantitative estimate of drug-likeness (QED) is 0.228. The lowest BCUT2D eigenvalue weighted by Crippen LogP contribution is -2.32. The molecule has 41 heavy (non-hydrogen) atoms. The number of aromatic amines is 1. The highest BCUT2D eigenvalue weighted by molar-refractivity contribution is 5.80. The van der Waals surface area contributed by atoms with E-state index in [0.29, 0.717) is 36.7 Å². The molecule has 0 saturated heterocycles. The van der Waals surface area contributed by atoms with E-state index in [9.17, 15) is 14.4 Å². The van der Waals surface area contributed by atoms with Crippen molar-refractivity contribution >= 4 is 5.97 Å². The van der Waals surface area contributed by atoms with Gasteiger partial charge in [-0.2, -0.15) is 0 Å². The van der Waals surface area contributed by atoms with Gasteiger partial charge < -0.3 is 4.74 Å². The topological polar surface area (TPSA) is 120 Å². The van der Waals surface area contributed by atoms with E-state index >= 15 is 0 Å². The number of benzene rings is 2. The highest BCUT2D eigenvalue weighted by atomic mass is 16.5. The largest absolute Gasteiger partial charge is 0.465 e. The average molecular weight is 559 g/mol. The van der Waals surface area contributed by atoms with Gasteiger partial charge in [0.2, 0.25) is 0 Å². The summed E-state index contributed by atoms with van der Waals surface area (Å²) in [5.41, 5.74) is 4.35. The predicted molar refractivity (Wildman–Crippen MR) is 158 cm³/mol. The molecule has 4 rings (SSSR count). The maximum atomic E-state index is 13.9. The first kappa shape index (κ1) is 29.7. The van der Waals surface area contributed by atoms with Gasteiger partial charge >= 0.3 is 11.7 Å². The number of nitrogens with zero attached hydrogens (tertiary/aromatic N) is 3. The Bertz CT molecular complexity index is 1600. The van der Waals surface area contributed by atoms with Crippen LogP contribution in [-0.2, 0) is 28.9 Å². The van der Waals surface area contributed by atoms with E-state index in [2.05, 4.69) is 17.1 Å². The van der Waals surface area contributed by atoms with E-state index in [1.807, 2.05) is 76.2 Å². The number of nitrogens with one attached hydrogen (secondary N) is 1. The lowest BCUT2D eigenvalue weighted by Gasteiger charge is -2.19. The summed E-state index contributed by atoms with van der Waals surface area (Å²) in [4.78, 5) is 45.6. The summed E-state index contributed by atoms with van der Waals surface area (Å²) in [7, 11) is 0. The highest BCUT2D eigenvalue weighted by Gasteiger charge is 2.22. The minimum atomic E-state index is -0.612. The van der Waals surface area contributed by atoms with Gasteiger partial charge in [-0.15, -0.1) is 0 Å². The molecule has 0 aliphatic heterocycles. The Morgan fingerprint density at radius 2 is 1.73 bits per heavy atom. The summed E-state index contributed by atoms with van der Waals surface area (Å²) in [5, 5.41) is 3.84. The molecule has 0 radical (unpaired) electrons. The molecule has 0 amide bonds. The predicted octanol–water partition coefficient (Wildman–Crippen LogP) is 5.51. The maximum absolute atomic E-state index is 13.9. The van der Waals surface area contributed by atoms with Crippen LogP contribution in [0.3, 0.4) is 0 Å². The molecular formula is C32H38N4O5. The van der Waals surface area contributed by atoms with E-state index in [1.54, 1.807) is 4.57 Å². The number of H-pyrrole nitrogens is 1. The van der Waals surface area contributed by atoms with Crippen molar-refractivity contribution < 1.29 is 14.1 Å². The van der Waals surface area contributed by atoms with Crippen LogP contribution in [0.15, 0.2) is 62.6 Å². The van der Waals surface area contributed by atoms with Crippen LogP contribution in [0.4, 0.5) is 0 Å². The van der Waals surface area contributed by atoms with Crippen LogP contribution in [0.2, 0.25) is 0 Å². The van der Waals surface area contributed by atoms with Crippen LogP contribution in [0.1, 0.15) is 76.0 Å². The highest BCUT2D eigenvalue weighted by Crippen LogP contribution is 2.30. The van der Waals surface area contributed by atoms with Crippen molar-refractivity contribution in [2.24, 2.45) is 5.92 Å². The zero-order chi connectivity index (χ0) is 29.5. The minimum Gasteiger partial charge on any atom is -0.465 e. The first-order valence-corrected chi connectivity index (χ1v) is 14.2. The van der Waals surface area contributed by atoms with Crippen molar-refractivity contribution in [3.8, 4) is 22.5 Å². The second-order valence-corrected chi connectivity index (χ2v) is 11.0. The van der Waals surface area contributed by atoms with Gasteiger partial charge in [0.05, 0.1) is 30.8 Å². The Labute approximate surface area is 239 Å². The van der Waals surface area contributed by atoms with Crippen molar-refractivity contribution in [3.63, 3.8) is 0 Å². The summed E-state index contributed by atoms with van der Waals surface area (Å²) >= 11 is 0. The van der Waals surface area contributed by atoms with Gasteiger partial charge in [-0.3, -0.25) is 23.7 Å². The number of aryl methyl sites for hydroxylation is 1. The third-order valence-electron chi connectivity index (χ3n) is 6.80. The zero-order valence-electron chi connectivity index (χ0n) is 24.4. The summed E-state index contributed by atoms with van der Waals surface area (Å²) in [6.07, 6.45) is 2.45. The monoisotopic (exact) mass is 558 g/mol. The van der Waals surface area contributed by atoms with Gasteiger partial charge in [0.1, 0.15) is 5.82 Å². The van der Waals surface area contributed by atoms with Crippen molar-refractivity contribution in [1.82, 2.24) is 19.7 Å². The second-order valence-electron chi connectivity index (χ2n) is 11.0. The molecule has 2 aromatic carbocycles. The minimum absolute atomic E-state index is 0.00960. The summed E-state index contributed by atoms with van der Waals surface area (Å²) in [6, 6.07) is 15.5. The van der Waals surface area contributed by atoms with Crippen molar-refractivity contribution in [2.45, 2.75) is 72.8 Å². The van der Waals surface area contributed by atoms with Crippen molar-refractivity contribution in [1.29, 1.82) is 0 Å². The molecule has 9 nitrogen and oxygen atoms in total. The van der Waals surface area contributed by atoms with Gasteiger partial charge in [-0.25, -0.2) is 9.78 Å². The Balaban J connectivity index is 1.69. The molecule has 1 N–H and O–H groups in total. The fourth-order valence-corrected chi connectivity index (χ4v) is 4.70. The second kappa shape index (κ2) is 13.4. The Morgan fingerprint density at radius 3 is 2.34 bits per heavy atom. The molecule has 2 heterocycles. The smallest absolute Gasteiger partial charge is 0.439 e. The molecular weight excluding hydrogens is 520 g/mol. The van der Waals surface area contributed by atoms with Crippen LogP contribution in [0.25, 0.3) is 22.5 Å². The number of hydrogen-bond acceptors (Lipinski definition) is 7. The van der Waals surface area contributed by atoms with E-state index in [-0.39, 0.29) is 23.8 Å². The third kappa shape index (κ3) is 7.28.